The molecule has 1 fully saturated rings. The molecule has 0 spiro atoms. The van der Waals surface area contributed by atoms with Gasteiger partial charge in [-0.25, -0.2) is 0 Å². The fourth-order valence-corrected chi connectivity index (χ4v) is 2.05. The van der Waals surface area contributed by atoms with E-state index >= 15 is 0 Å². The molecule has 14 heavy (non-hydrogen) atoms. The van der Waals surface area contributed by atoms with Crippen LogP contribution in [0.5, 0.6) is 0 Å². The molecule has 3 nitrogen and oxygen atoms in total. The van der Waals surface area contributed by atoms with Gasteiger partial charge in [-0.05, 0) is 45.1 Å². The second-order valence-electron chi connectivity index (χ2n) is 4.83. The third kappa shape index (κ3) is 3.23. The second-order valence-corrected chi connectivity index (χ2v) is 4.83. The Hall–Kier alpha value is -0.120. The Morgan fingerprint density at radius 3 is 2.43 bits per heavy atom. The SMILES string of the molecule is CC(C)N(CCO)CC1(CCN)CC1. The maximum atomic E-state index is 8.97. The van der Waals surface area contributed by atoms with Gasteiger partial charge in [0.2, 0.25) is 0 Å². The van der Waals surface area contributed by atoms with Crippen LogP contribution in [0.4, 0.5) is 0 Å². The Bertz CT molecular complexity index is 167. The van der Waals surface area contributed by atoms with Gasteiger partial charge in [-0.1, -0.05) is 0 Å². The maximum Gasteiger partial charge on any atom is 0.0558 e. The van der Waals surface area contributed by atoms with Crippen molar-refractivity contribution in [1.29, 1.82) is 0 Å². The van der Waals surface area contributed by atoms with Crippen LogP contribution < -0.4 is 5.73 Å². The Morgan fingerprint density at radius 2 is 2.07 bits per heavy atom. The van der Waals surface area contributed by atoms with Gasteiger partial charge in [0.05, 0.1) is 6.61 Å². The van der Waals surface area contributed by atoms with Gasteiger partial charge < -0.3 is 10.8 Å². The highest BCUT2D eigenvalue weighted by atomic mass is 16.3. The van der Waals surface area contributed by atoms with Crippen LogP contribution in [0.25, 0.3) is 0 Å². The van der Waals surface area contributed by atoms with Gasteiger partial charge in [0.15, 0.2) is 0 Å². The molecule has 84 valence electrons. The lowest BCUT2D eigenvalue weighted by molar-refractivity contribution is 0.136. The summed E-state index contributed by atoms with van der Waals surface area (Å²) in [6.45, 7) is 7.34. The highest BCUT2D eigenvalue weighted by Gasteiger charge is 2.42. The molecule has 0 aromatic rings. The summed E-state index contributed by atoms with van der Waals surface area (Å²) in [5.41, 5.74) is 6.11. The molecule has 0 aromatic carbocycles. The van der Waals surface area contributed by atoms with E-state index in [2.05, 4.69) is 18.7 Å². The molecule has 0 aromatic heterocycles. The van der Waals surface area contributed by atoms with Crippen molar-refractivity contribution in [2.24, 2.45) is 11.1 Å². The highest BCUT2D eigenvalue weighted by Crippen LogP contribution is 2.49. The second kappa shape index (κ2) is 5.10. The minimum absolute atomic E-state index is 0.261. The molecule has 1 aliphatic rings. The van der Waals surface area contributed by atoms with E-state index in [0.717, 1.165) is 26.1 Å². The van der Waals surface area contributed by atoms with E-state index < -0.39 is 0 Å². The van der Waals surface area contributed by atoms with Crippen LogP contribution >= 0.6 is 0 Å². The molecule has 0 heterocycles. The quantitative estimate of drug-likeness (QED) is 0.639. The molecule has 1 rings (SSSR count). The minimum atomic E-state index is 0.261. The van der Waals surface area contributed by atoms with Crippen LogP contribution in [0.3, 0.4) is 0 Å². The smallest absolute Gasteiger partial charge is 0.0558 e. The fourth-order valence-electron chi connectivity index (χ4n) is 2.05. The molecule has 3 N–H and O–H groups in total. The number of hydrogen-bond acceptors (Lipinski definition) is 3. The van der Waals surface area contributed by atoms with Crippen LogP contribution in [-0.4, -0.2) is 42.3 Å². The Balaban J connectivity index is 2.38. The van der Waals surface area contributed by atoms with Gasteiger partial charge in [-0.15, -0.1) is 0 Å². The zero-order valence-corrected chi connectivity index (χ0v) is 9.50. The molecule has 0 aliphatic heterocycles. The molecule has 0 atom stereocenters. The van der Waals surface area contributed by atoms with Crippen LogP contribution in [0, 0.1) is 5.41 Å². The summed E-state index contributed by atoms with van der Waals surface area (Å²) < 4.78 is 0. The molecule has 0 bridgehead atoms. The Labute approximate surface area is 87.3 Å². The van der Waals surface area contributed by atoms with Gasteiger partial charge in [0, 0.05) is 19.1 Å². The zero-order valence-electron chi connectivity index (χ0n) is 9.50. The van der Waals surface area contributed by atoms with Crippen LogP contribution in [0.1, 0.15) is 33.1 Å². The van der Waals surface area contributed by atoms with Crippen molar-refractivity contribution in [3.8, 4) is 0 Å². The number of nitrogens with two attached hydrogens (primary N) is 1. The van der Waals surface area contributed by atoms with Crippen LogP contribution in [-0.2, 0) is 0 Å². The van der Waals surface area contributed by atoms with E-state index in [-0.39, 0.29) is 6.61 Å². The zero-order chi connectivity index (χ0) is 10.6. The van der Waals surface area contributed by atoms with Gasteiger partial charge >= 0.3 is 0 Å². The summed E-state index contributed by atoms with van der Waals surface area (Å²) in [7, 11) is 0. The fraction of sp³-hybridized carbons (Fsp3) is 1.00. The number of aliphatic hydroxyl groups excluding tert-OH is 1. The van der Waals surface area contributed by atoms with Crippen molar-refractivity contribution in [2.45, 2.75) is 39.2 Å². The van der Waals surface area contributed by atoms with Crippen molar-refractivity contribution in [3.05, 3.63) is 0 Å². The number of hydrogen-bond donors (Lipinski definition) is 2. The largest absolute Gasteiger partial charge is 0.395 e. The average molecular weight is 200 g/mol. The molecular weight excluding hydrogens is 176 g/mol. The van der Waals surface area contributed by atoms with E-state index in [0.29, 0.717) is 11.5 Å². The van der Waals surface area contributed by atoms with Crippen molar-refractivity contribution >= 4 is 0 Å². The first-order valence-electron chi connectivity index (χ1n) is 5.68. The summed E-state index contributed by atoms with van der Waals surface area (Å²) in [5.74, 6) is 0. The Kier molecular flexibility index (Phi) is 4.35. The number of nitrogens with zero attached hydrogens (tertiary/aromatic N) is 1. The van der Waals surface area contributed by atoms with E-state index in [9.17, 15) is 0 Å². The molecule has 1 aliphatic carbocycles. The van der Waals surface area contributed by atoms with Crippen LogP contribution in [0.2, 0.25) is 0 Å². The minimum Gasteiger partial charge on any atom is -0.395 e. The van der Waals surface area contributed by atoms with Crippen molar-refractivity contribution < 1.29 is 5.11 Å². The molecule has 3 heteroatoms. The average Bonchev–Trinajstić information content (AvgIpc) is 2.85. The number of rotatable bonds is 7. The lowest BCUT2D eigenvalue weighted by Gasteiger charge is -2.30. The normalized spacial score (nSPS) is 19.3. The molecule has 0 amide bonds. The first-order chi connectivity index (χ1) is 6.63. The third-order valence-corrected chi connectivity index (χ3v) is 3.29. The predicted molar refractivity (Wildman–Crippen MR) is 59.1 cm³/mol. The topological polar surface area (TPSA) is 49.5 Å². The molecule has 0 radical (unpaired) electrons. The van der Waals surface area contributed by atoms with Crippen molar-refractivity contribution in [2.75, 3.05) is 26.2 Å². The summed E-state index contributed by atoms with van der Waals surface area (Å²) in [6.07, 6.45) is 3.78. The molecular formula is C11H24N2O. The Morgan fingerprint density at radius 1 is 1.43 bits per heavy atom. The van der Waals surface area contributed by atoms with E-state index in [1.54, 1.807) is 0 Å². The maximum absolute atomic E-state index is 8.97. The van der Waals surface area contributed by atoms with Crippen molar-refractivity contribution in [1.82, 2.24) is 4.90 Å². The van der Waals surface area contributed by atoms with E-state index in [1.807, 2.05) is 0 Å². The van der Waals surface area contributed by atoms with Crippen LogP contribution in [0.15, 0.2) is 0 Å². The summed E-state index contributed by atoms with van der Waals surface area (Å²) in [5, 5.41) is 8.97. The standard InChI is InChI=1S/C11H24N2O/c1-10(2)13(7-8-14)9-11(3-4-11)5-6-12/h10,14H,3-9,12H2,1-2H3. The predicted octanol–water partition coefficient (Wildman–Crippen LogP) is 0.818. The van der Waals surface area contributed by atoms with Crippen molar-refractivity contribution in [3.63, 3.8) is 0 Å². The van der Waals surface area contributed by atoms with E-state index in [1.165, 1.54) is 12.8 Å². The lowest BCUT2D eigenvalue weighted by Crippen LogP contribution is -2.38. The van der Waals surface area contributed by atoms with Gasteiger partial charge in [-0.3, -0.25) is 4.90 Å². The molecule has 1 saturated carbocycles. The van der Waals surface area contributed by atoms with Gasteiger partial charge in [0.1, 0.15) is 0 Å². The van der Waals surface area contributed by atoms with E-state index in [4.69, 9.17) is 10.8 Å². The lowest BCUT2D eigenvalue weighted by atomic mass is 10.0. The highest BCUT2D eigenvalue weighted by molar-refractivity contribution is 4.96. The summed E-state index contributed by atoms with van der Waals surface area (Å²) >= 11 is 0. The van der Waals surface area contributed by atoms with Gasteiger partial charge in [-0.2, -0.15) is 0 Å². The summed E-state index contributed by atoms with van der Waals surface area (Å²) in [6, 6.07) is 0.525. The molecule has 0 saturated heterocycles. The van der Waals surface area contributed by atoms with Gasteiger partial charge in [0.25, 0.3) is 0 Å². The molecule has 0 unspecified atom stereocenters. The third-order valence-electron chi connectivity index (χ3n) is 3.29. The first-order valence-corrected chi connectivity index (χ1v) is 5.68. The number of aliphatic hydroxyl groups is 1. The first kappa shape index (κ1) is 12.0. The monoisotopic (exact) mass is 200 g/mol. The summed E-state index contributed by atoms with van der Waals surface area (Å²) in [4.78, 5) is 2.36.